The molecule has 0 aromatic carbocycles. The minimum Gasteiger partial charge on any atom is -0.396 e. The third kappa shape index (κ3) is 2.80. The van der Waals surface area contributed by atoms with E-state index in [4.69, 9.17) is 10.8 Å². The molecule has 112 valence electrons. The summed E-state index contributed by atoms with van der Waals surface area (Å²) in [5.74, 6) is 0.124. The molecule has 20 heavy (non-hydrogen) atoms. The first kappa shape index (κ1) is 14.8. The number of H-pyrrole nitrogens is 1. The predicted molar refractivity (Wildman–Crippen MR) is 77.5 cm³/mol. The Balaban J connectivity index is 2.14. The molecule has 1 aromatic rings. The molecule has 1 aromatic heterocycles. The van der Waals surface area contributed by atoms with E-state index in [0.29, 0.717) is 11.4 Å². The highest BCUT2D eigenvalue weighted by Crippen LogP contribution is 2.27. The normalized spacial score (nSPS) is 19.0. The third-order valence-corrected chi connectivity index (χ3v) is 3.95. The van der Waals surface area contributed by atoms with Crippen LogP contribution < -0.4 is 5.73 Å². The van der Waals surface area contributed by atoms with Crippen molar-refractivity contribution in [2.75, 3.05) is 18.9 Å². The zero-order valence-corrected chi connectivity index (χ0v) is 12.2. The SMILES string of the molecule is CC(C)c1[nH]nc(C(=O)N2CCCC2CCCO)c1N. The number of aliphatic hydroxyl groups excluding tert-OH is 1. The highest BCUT2D eigenvalue weighted by molar-refractivity contribution is 5.98. The smallest absolute Gasteiger partial charge is 0.276 e. The van der Waals surface area contributed by atoms with Crippen molar-refractivity contribution >= 4 is 11.6 Å². The molecule has 2 rings (SSSR count). The Morgan fingerprint density at radius 1 is 1.60 bits per heavy atom. The van der Waals surface area contributed by atoms with E-state index in [-0.39, 0.29) is 24.5 Å². The number of nitrogens with zero attached hydrogens (tertiary/aromatic N) is 2. The van der Waals surface area contributed by atoms with Crippen molar-refractivity contribution in [2.24, 2.45) is 0 Å². The number of hydrogen-bond donors (Lipinski definition) is 3. The molecular weight excluding hydrogens is 256 g/mol. The molecule has 0 bridgehead atoms. The zero-order chi connectivity index (χ0) is 14.7. The van der Waals surface area contributed by atoms with E-state index in [1.807, 2.05) is 18.7 Å². The number of carbonyl (C=O) groups excluding carboxylic acids is 1. The molecule has 0 spiro atoms. The molecule has 1 fully saturated rings. The van der Waals surface area contributed by atoms with Crippen LogP contribution in [-0.2, 0) is 0 Å². The second-order valence-corrected chi connectivity index (χ2v) is 5.71. The summed E-state index contributed by atoms with van der Waals surface area (Å²) in [6.07, 6.45) is 3.56. The average Bonchev–Trinajstić information content (AvgIpc) is 3.01. The number of nitrogen functional groups attached to an aromatic ring is 1. The number of likely N-dealkylation sites (tertiary alicyclic amines) is 1. The molecule has 1 atom stereocenters. The Labute approximate surface area is 119 Å². The van der Waals surface area contributed by atoms with Gasteiger partial charge in [-0.3, -0.25) is 9.89 Å². The summed E-state index contributed by atoms with van der Waals surface area (Å²) in [5.41, 5.74) is 7.66. The Morgan fingerprint density at radius 2 is 2.35 bits per heavy atom. The van der Waals surface area contributed by atoms with Crippen molar-refractivity contribution in [3.8, 4) is 0 Å². The van der Waals surface area contributed by atoms with Gasteiger partial charge in [-0.15, -0.1) is 0 Å². The van der Waals surface area contributed by atoms with Crippen molar-refractivity contribution in [3.63, 3.8) is 0 Å². The van der Waals surface area contributed by atoms with Crippen molar-refractivity contribution < 1.29 is 9.90 Å². The van der Waals surface area contributed by atoms with Gasteiger partial charge in [0.15, 0.2) is 5.69 Å². The summed E-state index contributed by atoms with van der Waals surface area (Å²) in [6, 6.07) is 0.202. The second kappa shape index (κ2) is 6.26. The van der Waals surface area contributed by atoms with Gasteiger partial charge in [0.25, 0.3) is 5.91 Å². The Kier molecular flexibility index (Phi) is 4.65. The van der Waals surface area contributed by atoms with E-state index in [0.717, 1.165) is 37.9 Å². The lowest BCUT2D eigenvalue weighted by Crippen LogP contribution is -2.36. The van der Waals surface area contributed by atoms with Gasteiger partial charge in [-0.2, -0.15) is 5.10 Å². The van der Waals surface area contributed by atoms with Crippen LogP contribution >= 0.6 is 0 Å². The first-order chi connectivity index (χ1) is 9.56. The van der Waals surface area contributed by atoms with Crippen molar-refractivity contribution in [1.29, 1.82) is 0 Å². The number of aromatic amines is 1. The molecular formula is C14H24N4O2. The lowest BCUT2D eigenvalue weighted by Gasteiger charge is -2.24. The van der Waals surface area contributed by atoms with Gasteiger partial charge in [-0.25, -0.2) is 0 Å². The molecule has 4 N–H and O–H groups in total. The molecule has 0 saturated carbocycles. The first-order valence-electron chi connectivity index (χ1n) is 7.31. The maximum atomic E-state index is 12.6. The van der Waals surface area contributed by atoms with Crippen LogP contribution in [0.25, 0.3) is 0 Å². The summed E-state index contributed by atoms with van der Waals surface area (Å²) >= 11 is 0. The minimum atomic E-state index is -0.0916. The summed E-state index contributed by atoms with van der Waals surface area (Å²) in [6.45, 7) is 4.94. The van der Waals surface area contributed by atoms with Crippen LogP contribution in [0.4, 0.5) is 5.69 Å². The third-order valence-electron chi connectivity index (χ3n) is 3.95. The van der Waals surface area contributed by atoms with E-state index < -0.39 is 0 Å². The van der Waals surface area contributed by atoms with E-state index in [1.54, 1.807) is 0 Å². The molecule has 1 aliphatic heterocycles. The van der Waals surface area contributed by atoms with Gasteiger partial charge >= 0.3 is 0 Å². The molecule has 1 amide bonds. The lowest BCUT2D eigenvalue weighted by atomic mass is 10.1. The number of amides is 1. The van der Waals surface area contributed by atoms with Crippen LogP contribution in [0.15, 0.2) is 0 Å². The molecule has 1 unspecified atom stereocenters. The van der Waals surface area contributed by atoms with Crippen LogP contribution in [0.5, 0.6) is 0 Å². The van der Waals surface area contributed by atoms with Crippen LogP contribution in [-0.4, -0.2) is 45.3 Å². The quantitative estimate of drug-likeness (QED) is 0.761. The van der Waals surface area contributed by atoms with E-state index in [9.17, 15) is 4.79 Å². The number of anilines is 1. The van der Waals surface area contributed by atoms with Crippen LogP contribution in [0.1, 0.15) is 61.6 Å². The highest BCUT2D eigenvalue weighted by Gasteiger charge is 2.32. The summed E-state index contributed by atoms with van der Waals surface area (Å²) in [7, 11) is 0. The molecule has 2 heterocycles. The van der Waals surface area contributed by atoms with Gasteiger partial charge in [0.05, 0.1) is 11.4 Å². The van der Waals surface area contributed by atoms with Crippen LogP contribution in [0.3, 0.4) is 0 Å². The van der Waals surface area contributed by atoms with Gasteiger partial charge < -0.3 is 15.7 Å². The molecule has 0 radical (unpaired) electrons. The molecule has 6 heteroatoms. The first-order valence-corrected chi connectivity index (χ1v) is 7.31. The molecule has 1 aliphatic rings. The molecule has 1 saturated heterocycles. The molecule has 0 aliphatic carbocycles. The summed E-state index contributed by atoms with van der Waals surface area (Å²) < 4.78 is 0. The van der Waals surface area contributed by atoms with Gasteiger partial charge in [-0.05, 0) is 31.6 Å². The fourth-order valence-corrected chi connectivity index (χ4v) is 2.83. The van der Waals surface area contributed by atoms with E-state index in [1.165, 1.54) is 0 Å². The number of aromatic nitrogens is 2. The average molecular weight is 280 g/mol. The fraction of sp³-hybridized carbons (Fsp3) is 0.714. The van der Waals surface area contributed by atoms with E-state index >= 15 is 0 Å². The number of nitrogens with one attached hydrogen (secondary N) is 1. The zero-order valence-electron chi connectivity index (χ0n) is 12.2. The fourth-order valence-electron chi connectivity index (χ4n) is 2.83. The Hall–Kier alpha value is -1.56. The monoisotopic (exact) mass is 280 g/mol. The number of carbonyl (C=O) groups is 1. The summed E-state index contributed by atoms with van der Waals surface area (Å²) in [5, 5.41) is 15.9. The highest BCUT2D eigenvalue weighted by atomic mass is 16.3. The van der Waals surface area contributed by atoms with Gasteiger partial charge in [0.2, 0.25) is 0 Å². The maximum Gasteiger partial charge on any atom is 0.276 e. The van der Waals surface area contributed by atoms with Crippen LogP contribution in [0, 0.1) is 0 Å². The van der Waals surface area contributed by atoms with Gasteiger partial charge in [0.1, 0.15) is 0 Å². The van der Waals surface area contributed by atoms with Crippen LogP contribution in [0.2, 0.25) is 0 Å². The Morgan fingerprint density at radius 3 is 2.95 bits per heavy atom. The van der Waals surface area contributed by atoms with E-state index in [2.05, 4.69) is 10.2 Å². The number of rotatable bonds is 5. The van der Waals surface area contributed by atoms with Crippen molar-refractivity contribution in [2.45, 2.75) is 51.5 Å². The molecule has 6 nitrogen and oxygen atoms in total. The number of aliphatic hydroxyl groups is 1. The van der Waals surface area contributed by atoms with Crippen molar-refractivity contribution in [1.82, 2.24) is 15.1 Å². The largest absolute Gasteiger partial charge is 0.396 e. The Bertz CT molecular complexity index is 470. The number of hydrogen-bond acceptors (Lipinski definition) is 4. The second-order valence-electron chi connectivity index (χ2n) is 5.71. The number of nitrogens with two attached hydrogens (primary N) is 1. The lowest BCUT2D eigenvalue weighted by molar-refractivity contribution is 0.0719. The summed E-state index contributed by atoms with van der Waals surface area (Å²) in [4.78, 5) is 14.4. The maximum absolute atomic E-state index is 12.6. The minimum absolute atomic E-state index is 0.0916. The van der Waals surface area contributed by atoms with Gasteiger partial charge in [0, 0.05) is 19.2 Å². The van der Waals surface area contributed by atoms with Crippen molar-refractivity contribution in [3.05, 3.63) is 11.4 Å². The standard InChI is InChI=1S/C14H24N4O2/c1-9(2)12-11(15)13(17-16-12)14(20)18-7-3-5-10(18)6-4-8-19/h9-10,19H,3-8,15H2,1-2H3,(H,16,17). The van der Waals surface area contributed by atoms with Gasteiger partial charge in [-0.1, -0.05) is 13.8 Å². The topological polar surface area (TPSA) is 95.2 Å². The predicted octanol–water partition coefficient (Wildman–Crippen LogP) is 1.49.